The van der Waals surface area contributed by atoms with Crippen molar-refractivity contribution >= 4 is 50.5 Å². The minimum Gasteiger partial charge on any atom is -0.358 e. The fourth-order valence-corrected chi connectivity index (χ4v) is 4.81. The van der Waals surface area contributed by atoms with Crippen molar-refractivity contribution in [3.8, 4) is 0 Å². The summed E-state index contributed by atoms with van der Waals surface area (Å²) in [5.74, 6) is -1.16. The lowest BCUT2D eigenvalue weighted by atomic mass is 9.92. The highest BCUT2D eigenvalue weighted by Gasteiger charge is 2.41. The van der Waals surface area contributed by atoms with Crippen LogP contribution in [0.2, 0.25) is 10.0 Å². The maximum Gasteiger partial charge on any atom is 0.267 e. The molecule has 2 heterocycles. The van der Waals surface area contributed by atoms with Crippen LogP contribution < -0.4 is 5.32 Å². The molecule has 4 rings (SSSR count). The molecule has 156 valence electrons. The molecule has 2 unspecified atom stereocenters. The second-order valence-corrected chi connectivity index (χ2v) is 9.17. The Morgan fingerprint density at radius 3 is 2.53 bits per heavy atom. The molecule has 2 aliphatic rings. The molecule has 2 atom stereocenters. The zero-order chi connectivity index (χ0) is 21.6. The number of methoxy groups -OCH3 is 1. The van der Waals surface area contributed by atoms with Gasteiger partial charge in [0.1, 0.15) is 5.75 Å². The predicted molar refractivity (Wildman–Crippen MR) is 115 cm³/mol. The lowest BCUT2D eigenvalue weighted by molar-refractivity contribution is -0.117. The van der Waals surface area contributed by atoms with E-state index in [9.17, 15) is 17.8 Å². The van der Waals surface area contributed by atoms with Crippen LogP contribution in [0.5, 0.6) is 0 Å². The smallest absolute Gasteiger partial charge is 0.267 e. The van der Waals surface area contributed by atoms with Crippen molar-refractivity contribution in [1.82, 2.24) is 5.32 Å². The lowest BCUT2D eigenvalue weighted by Crippen LogP contribution is -2.35. The van der Waals surface area contributed by atoms with Crippen LogP contribution in [0, 0.1) is 0 Å². The Labute approximate surface area is 183 Å². The first-order chi connectivity index (χ1) is 14.2. The molecule has 0 radical (unpaired) electrons. The fourth-order valence-electron chi connectivity index (χ4n) is 3.76. The van der Waals surface area contributed by atoms with Gasteiger partial charge in [-0.15, -0.1) is 0 Å². The van der Waals surface area contributed by atoms with Gasteiger partial charge in [0, 0.05) is 33.9 Å². The van der Waals surface area contributed by atoms with Crippen molar-refractivity contribution in [2.24, 2.45) is 4.99 Å². The summed E-state index contributed by atoms with van der Waals surface area (Å²) in [6.07, 6.45) is -0.892. The third-order valence-electron chi connectivity index (χ3n) is 4.94. The highest BCUT2D eigenvalue weighted by Crippen LogP contribution is 2.38. The number of halogens is 2. The Morgan fingerprint density at radius 1 is 1.13 bits per heavy atom. The molecular weight excluding hydrogens is 451 g/mol. The van der Waals surface area contributed by atoms with Gasteiger partial charge in [-0.1, -0.05) is 47.5 Å². The molecule has 2 aliphatic heterocycles. The molecule has 0 aliphatic carbocycles. The number of carbonyl (C=O) groups is 1. The van der Waals surface area contributed by atoms with Crippen LogP contribution in [-0.4, -0.2) is 49.7 Å². The SMILES string of the molecule is COC1NC(=O)C2=C1C(CS(=O)(=O)O)N=C(c1ccccc1Cl)c1cc(Cl)ccc12. The number of hydrogen-bond acceptors (Lipinski definition) is 5. The van der Waals surface area contributed by atoms with E-state index >= 15 is 0 Å². The summed E-state index contributed by atoms with van der Waals surface area (Å²) in [5, 5.41) is 3.47. The van der Waals surface area contributed by atoms with E-state index in [2.05, 4.69) is 10.3 Å². The van der Waals surface area contributed by atoms with Crippen LogP contribution >= 0.6 is 23.2 Å². The molecule has 0 saturated carbocycles. The largest absolute Gasteiger partial charge is 0.358 e. The topological polar surface area (TPSA) is 105 Å². The molecule has 10 heteroatoms. The summed E-state index contributed by atoms with van der Waals surface area (Å²) in [7, 11) is -3.05. The zero-order valence-corrected chi connectivity index (χ0v) is 17.9. The van der Waals surface area contributed by atoms with Gasteiger partial charge in [0.25, 0.3) is 16.0 Å². The molecule has 0 bridgehead atoms. The number of amides is 1. The van der Waals surface area contributed by atoms with Crippen LogP contribution in [0.4, 0.5) is 0 Å². The van der Waals surface area contributed by atoms with Gasteiger partial charge in [-0.3, -0.25) is 14.3 Å². The number of nitrogens with zero attached hydrogens (tertiary/aromatic N) is 1. The summed E-state index contributed by atoms with van der Waals surface area (Å²) in [5.41, 5.74) is 2.51. The first-order valence-corrected chi connectivity index (χ1v) is 11.2. The van der Waals surface area contributed by atoms with Gasteiger partial charge in [0.05, 0.1) is 17.3 Å². The number of rotatable bonds is 4. The molecule has 2 aromatic rings. The highest BCUT2D eigenvalue weighted by molar-refractivity contribution is 7.85. The Hall–Kier alpha value is -2.23. The molecular formula is C20H16Cl2N2O5S. The first-order valence-electron chi connectivity index (χ1n) is 8.85. The van der Waals surface area contributed by atoms with E-state index in [0.29, 0.717) is 38.0 Å². The Kier molecular flexibility index (Phi) is 5.46. The highest BCUT2D eigenvalue weighted by atomic mass is 35.5. The van der Waals surface area contributed by atoms with E-state index in [-0.39, 0.29) is 5.57 Å². The van der Waals surface area contributed by atoms with Crippen LogP contribution in [0.3, 0.4) is 0 Å². The van der Waals surface area contributed by atoms with Crippen molar-refractivity contribution < 1.29 is 22.5 Å². The number of carbonyl (C=O) groups excluding carboxylic acids is 1. The van der Waals surface area contributed by atoms with Gasteiger partial charge < -0.3 is 10.1 Å². The third kappa shape index (κ3) is 3.77. The molecule has 0 spiro atoms. The van der Waals surface area contributed by atoms with Crippen molar-refractivity contribution in [3.63, 3.8) is 0 Å². The normalized spacial score (nSPS) is 20.9. The Morgan fingerprint density at radius 2 is 1.87 bits per heavy atom. The van der Waals surface area contributed by atoms with Gasteiger partial charge in [-0.05, 0) is 23.8 Å². The summed E-state index contributed by atoms with van der Waals surface area (Å²) in [6.45, 7) is 0. The second-order valence-electron chi connectivity index (χ2n) is 6.83. The number of aliphatic imine (C=N–C) groups is 1. The van der Waals surface area contributed by atoms with E-state index in [1.54, 1.807) is 42.5 Å². The number of benzene rings is 2. The van der Waals surface area contributed by atoms with Crippen LogP contribution in [0.1, 0.15) is 16.7 Å². The summed E-state index contributed by atoms with van der Waals surface area (Å²) in [4.78, 5) is 17.5. The van der Waals surface area contributed by atoms with Gasteiger partial charge in [-0.25, -0.2) is 0 Å². The third-order valence-corrected chi connectivity index (χ3v) is 6.25. The molecule has 30 heavy (non-hydrogen) atoms. The van der Waals surface area contributed by atoms with Crippen molar-refractivity contribution in [2.75, 3.05) is 12.9 Å². The zero-order valence-electron chi connectivity index (χ0n) is 15.6. The van der Waals surface area contributed by atoms with Crippen molar-refractivity contribution in [1.29, 1.82) is 0 Å². The van der Waals surface area contributed by atoms with Gasteiger partial charge >= 0.3 is 0 Å². The van der Waals surface area contributed by atoms with E-state index in [1.165, 1.54) is 7.11 Å². The number of hydrogen-bond donors (Lipinski definition) is 2. The first kappa shape index (κ1) is 21.0. The number of nitrogens with one attached hydrogen (secondary N) is 1. The minimum absolute atomic E-state index is 0.243. The maximum atomic E-state index is 12.8. The van der Waals surface area contributed by atoms with E-state index < -0.39 is 34.0 Å². The second kappa shape index (κ2) is 7.79. The van der Waals surface area contributed by atoms with Gasteiger partial charge in [0.15, 0.2) is 6.23 Å². The number of ether oxygens (including phenoxy) is 1. The van der Waals surface area contributed by atoms with E-state index in [4.69, 9.17) is 27.9 Å². The van der Waals surface area contributed by atoms with E-state index in [1.807, 2.05) is 0 Å². The molecule has 2 aromatic carbocycles. The lowest BCUT2D eigenvalue weighted by Gasteiger charge is -2.19. The maximum absolute atomic E-state index is 12.8. The molecule has 1 amide bonds. The monoisotopic (exact) mass is 466 g/mol. The van der Waals surface area contributed by atoms with Crippen LogP contribution in [-0.2, 0) is 19.6 Å². The van der Waals surface area contributed by atoms with Gasteiger partial charge in [0.2, 0.25) is 0 Å². The minimum atomic E-state index is -4.43. The van der Waals surface area contributed by atoms with Crippen molar-refractivity contribution in [3.05, 3.63) is 74.8 Å². The molecule has 0 fully saturated rings. The predicted octanol–water partition coefficient (Wildman–Crippen LogP) is 2.96. The van der Waals surface area contributed by atoms with Crippen LogP contribution in [0.15, 0.2) is 53.0 Å². The Balaban J connectivity index is 2.07. The number of fused-ring (bicyclic) bond motifs is 2. The van der Waals surface area contributed by atoms with Crippen molar-refractivity contribution in [2.45, 2.75) is 12.3 Å². The van der Waals surface area contributed by atoms with Crippen LogP contribution in [0.25, 0.3) is 5.57 Å². The molecule has 0 saturated heterocycles. The van der Waals surface area contributed by atoms with Gasteiger partial charge in [-0.2, -0.15) is 8.42 Å². The summed E-state index contributed by atoms with van der Waals surface area (Å²) in [6, 6.07) is 10.8. The molecule has 2 N–H and O–H groups in total. The quantitative estimate of drug-likeness (QED) is 0.673. The molecule has 7 nitrogen and oxygen atoms in total. The average molecular weight is 467 g/mol. The fraction of sp³-hybridized carbons (Fsp3) is 0.200. The Bertz CT molecular complexity index is 1220. The van der Waals surface area contributed by atoms with E-state index in [0.717, 1.165) is 0 Å². The average Bonchev–Trinajstić information content (AvgIpc) is 2.94. The summed E-state index contributed by atoms with van der Waals surface area (Å²) >= 11 is 12.6. The molecule has 0 aromatic heterocycles. The summed E-state index contributed by atoms with van der Waals surface area (Å²) < 4.78 is 38.5. The standard InChI is InChI=1S/C20H16Cl2N2O5S/c1-29-20-17-15(9-30(26,27)28)23-18(12-4-2-3-5-14(12)22)13-8-10(21)6-7-11(13)16(17)19(25)24-20/h2-8,15,20H,9H2,1H3,(H,24,25)(H,26,27,28).